The summed E-state index contributed by atoms with van der Waals surface area (Å²) in [5.41, 5.74) is 0.685. The van der Waals surface area contributed by atoms with Crippen LogP contribution in [-0.2, 0) is 5.41 Å². The Balaban J connectivity index is 2.04. The smallest absolute Gasteiger partial charge is 0.186 e. The fourth-order valence-corrected chi connectivity index (χ4v) is 3.73. The van der Waals surface area contributed by atoms with Crippen molar-refractivity contribution in [3.8, 4) is 0 Å². The average molecular weight is 367 g/mol. The van der Waals surface area contributed by atoms with Crippen molar-refractivity contribution in [3.63, 3.8) is 0 Å². The second-order valence-electron chi connectivity index (χ2n) is 5.97. The van der Waals surface area contributed by atoms with E-state index >= 15 is 0 Å². The molecule has 3 aromatic carbocycles. The van der Waals surface area contributed by atoms with Gasteiger partial charge in [0, 0.05) is 21.2 Å². The highest BCUT2D eigenvalue weighted by Crippen LogP contribution is 2.45. The molecule has 0 fully saturated rings. The topological polar surface area (TPSA) is 34.1 Å². The Morgan fingerprint density at radius 3 is 1.28 bits per heavy atom. The van der Waals surface area contributed by atoms with E-state index in [4.69, 9.17) is 23.2 Å². The van der Waals surface area contributed by atoms with Crippen LogP contribution < -0.4 is 0 Å². The van der Waals surface area contributed by atoms with Gasteiger partial charge in [-0.15, -0.1) is 0 Å². The molecule has 0 saturated carbocycles. The molecule has 0 radical (unpaired) electrons. The third kappa shape index (κ3) is 2.25. The van der Waals surface area contributed by atoms with Gasteiger partial charge in [-0.3, -0.25) is 9.59 Å². The minimum Gasteiger partial charge on any atom is -0.292 e. The number of hydrogen-bond donors (Lipinski definition) is 0. The van der Waals surface area contributed by atoms with Crippen molar-refractivity contribution in [2.75, 3.05) is 0 Å². The first-order valence-corrected chi connectivity index (χ1v) is 8.51. The highest BCUT2D eigenvalue weighted by atomic mass is 35.5. The Bertz CT molecular complexity index is 907. The van der Waals surface area contributed by atoms with Crippen LogP contribution in [0.5, 0.6) is 0 Å². The maximum absolute atomic E-state index is 13.4. The van der Waals surface area contributed by atoms with Gasteiger partial charge in [0.15, 0.2) is 11.6 Å². The standard InChI is InChI=1S/C21H12Cl2O2/c22-15-9-5-13(6-10-15)21(14-7-11-16(23)12-8-14)19(24)17-3-1-2-4-18(17)20(21)25/h1-12H. The molecule has 0 spiro atoms. The first-order chi connectivity index (χ1) is 12.0. The number of rotatable bonds is 2. The monoisotopic (exact) mass is 366 g/mol. The zero-order chi connectivity index (χ0) is 17.6. The molecule has 0 unspecified atom stereocenters. The fourth-order valence-electron chi connectivity index (χ4n) is 3.48. The van der Waals surface area contributed by atoms with Gasteiger partial charge in [-0.1, -0.05) is 71.7 Å². The Kier molecular flexibility index (Phi) is 3.75. The van der Waals surface area contributed by atoms with Crippen LogP contribution >= 0.6 is 23.2 Å². The molecule has 0 atom stereocenters. The first-order valence-electron chi connectivity index (χ1n) is 7.76. The average Bonchev–Trinajstić information content (AvgIpc) is 2.86. The molecule has 0 saturated heterocycles. The lowest BCUT2D eigenvalue weighted by Crippen LogP contribution is -2.39. The molecule has 0 aromatic heterocycles. The first kappa shape index (κ1) is 16.1. The molecule has 4 heteroatoms. The molecular formula is C21H12Cl2O2. The van der Waals surface area contributed by atoms with Crippen LogP contribution in [0.4, 0.5) is 0 Å². The van der Waals surface area contributed by atoms with Crippen LogP contribution in [0.15, 0.2) is 72.8 Å². The number of ketones is 2. The third-order valence-corrected chi connectivity index (χ3v) is 5.16. The Morgan fingerprint density at radius 2 is 0.920 bits per heavy atom. The summed E-state index contributed by atoms with van der Waals surface area (Å²) >= 11 is 12.0. The van der Waals surface area contributed by atoms with Gasteiger partial charge in [0.2, 0.25) is 0 Å². The van der Waals surface area contributed by atoms with E-state index in [0.717, 1.165) is 0 Å². The van der Waals surface area contributed by atoms with Crippen molar-refractivity contribution in [3.05, 3.63) is 105 Å². The number of carbonyl (C=O) groups excluding carboxylic acids is 2. The van der Waals surface area contributed by atoms with Gasteiger partial charge in [-0.2, -0.15) is 0 Å². The van der Waals surface area contributed by atoms with Crippen molar-refractivity contribution in [1.29, 1.82) is 0 Å². The summed E-state index contributed by atoms with van der Waals surface area (Å²) < 4.78 is 0. The highest BCUT2D eigenvalue weighted by Gasteiger charge is 2.55. The maximum atomic E-state index is 13.4. The molecule has 25 heavy (non-hydrogen) atoms. The molecule has 4 rings (SSSR count). The Labute approximate surface area is 155 Å². The normalized spacial score (nSPS) is 15.3. The molecule has 1 aliphatic carbocycles. The van der Waals surface area contributed by atoms with Gasteiger partial charge in [0.25, 0.3) is 0 Å². The van der Waals surface area contributed by atoms with E-state index in [9.17, 15) is 9.59 Å². The van der Waals surface area contributed by atoms with E-state index in [2.05, 4.69) is 0 Å². The van der Waals surface area contributed by atoms with Crippen LogP contribution in [0.2, 0.25) is 10.0 Å². The van der Waals surface area contributed by atoms with E-state index in [1.54, 1.807) is 72.8 Å². The zero-order valence-corrected chi connectivity index (χ0v) is 14.5. The molecule has 122 valence electrons. The largest absolute Gasteiger partial charge is 0.292 e. The number of fused-ring (bicyclic) bond motifs is 1. The predicted octanol–water partition coefficient (Wildman–Crippen LogP) is 5.36. The van der Waals surface area contributed by atoms with E-state index < -0.39 is 5.41 Å². The summed E-state index contributed by atoms with van der Waals surface area (Å²) in [6, 6.07) is 20.6. The second kappa shape index (κ2) is 5.83. The molecule has 3 aromatic rings. The molecule has 0 bridgehead atoms. The summed E-state index contributed by atoms with van der Waals surface area (Å²) in [7, 11) is 0. The molecule has 1 aliphatic rings. The quantitative estimate of drug-likeness (QED) is 0.572. The third-order valence-electron chi connectivity index (χ3n) is 4.65. The van der Waals surface area contributed by atoms with Crippen LogP contribution in [0.1, 0.15) is 31.8 Å². The second-order valence-corrected chi connectivity index (χ2v) is 6.84. The minimum absolute atomic E-state index is 0.224. The number of carbonyl (C=O) groups is 2. The van der Waals surface area contributed by atoms with Gasteiger partial charge in [-0.25, -0.2) is 0 Å². The van der Waals surface area contributed by atoms with Gasteiger partial charge >= 0.3 is 0 Å². The molecule has 2 nitrogen and oxygen atoms in total. The van der Waals surface area contributed by atoms with Crippen molar-refractivity contribution >= 4 is 34.8 Å². The van der Waals surface area contributed by atoms with Crippen LogP contribution in [0.25, 0.3) is 0 Å². The molecule has 0 amide bonds. The van der Waals surface area contributed by atoms with Crippen LogP contribution in [0, 0.1) is 0 Å². The lowest BCUT2D eigenvalue weighted by Gasteiger charge is -2.27. The molecular weight excluding hydrogens is 355 g/mol. The van der Waals surface area contributed by atoms with Crippen molar-refractivity contribution in [2.24, 2.45) is 0 Å². The van der Waals surface area contributed by atoms with E-state index in [1.165, 1.54) is 0 Å². The summed E-state index contributed by atoms with van der Waals surface area (Å²) in [6.45, 7) is 0. The molecule has 0 N–H and O–H groups in total. The predicted molar refractivity (Wildman–Crippen MR) is 98.8 cm³/mol. The van der Waals surface area contributed by atoms with Crippen molar-refractivity contribution in [2.45, 2.75) is 5.41 Å². The van der Waals surface area contributed by atoms with E-state index in [-0.39, 0.29) is 11.6 Å². The maximum Gasteiger partial charge on any atom is 0.186 e. The lowest BCUT2D eigenvalue weighted by atomic mass is 9.70. The summed E-state index contributed by atoms with van der Waals surface area (Å²) in [5, 5.41) is 1.09. The number of hydrogen-bond acceptors (Lipinski definition) is 2. The van der Waals surface area contributed by atoms with Gasteiger partial charge in [0.05, 0.1) is 0 Å². The van der Waals surface area contributed by atoms with Crippen LogP contribution in [0.3, 0.4) is 0 Å². The summed E-state index contributed by atoms with van der Waals surface area (Å²) in [4.78, 5) is 26.8. The number of halogens is 2. The minimum atomic E-state index is -1.40. The number of Topliss-reactive ketones (excluding diaryl/α,β-unsaturated/α-hetero) is 2. The Hall–Kier alpha value is -2.42. The number of benzene rings is 3. The van der Waals surface area contributed by atoms with Gasteiger partial charge in [0.1, 0.15) is 5.41 Å². The fraction of sp³-hybridized carbons (Fsp3) is 0.0476. The Morgan fingerprint density at radius 1 is 0.560 bits per heavy atom. The van der Waals surface area contributed by atoms with Crippen molar-refractivity contribution in [1.82, 2.24) is 0 Å². The van der Waals surface area contributed by atoms with Crippen LogP contribution in [-0.4, -0.2) is 11.6 Å². The van der Waals surface area contributed by atoms with Crippen molar-refractivity contribution < 1.29 is 9.59 Å². The zero-order valence-electron chi connectivity index (χ0n) is 13.0. The molecule has 0 aliphatic heterocycles. The van der Waals surface area contributed by atoms with Gasteiger partial charge in [-0.05, 0) is 35.4 Å². The summed E-state index contributed by atoms with van der Waals surface area (Å²) in [6.07, 6.45) is 0. The molecule has 0 heterocycles. The van der Waals surface area contributed by atoms with E-state index in [0.29, 0.717) is 32.3 Å². The lowest BCUT2D eigenvalue weighted by molar-refractivity contribution is 0.0829. The highest BCUT2D eigenvalue weighted by molar-refractivity contribution is 6.35. The SMILES string of the molecule is O=C1c2ccccc2C(=O)C1(c1ccc(Cl)cc1)c1ccc(Cl)cc1. The van der Waals surface area contributed by atoms with E-state index in [1.807, 2.05) is 0 Å². The summed E-state index contributed by atoms with van der Waals surface area (Å²) in [5.74, 6) is -0.449. The van der Waals surface area contributed by atoms with Gasteiger partial charge < -0.3 is 0 Å².